The number of fused-ring (bicyclic) bond motifs is 1. The van der Waals surface area contributed by atoms with E-state index in [0.717, 1.165) is 31.6 Å². The van der Waals surface area contributed by atoms with Crippen LogP contribution in [0.2, 0.25) is 0 Å². The molecule has 21 heavy (non-hydrogen) atoms. The predicted molar refractivity (Wildman–Crippen MR) is 84.4 cm³/mol. The molecule has 2 aliphatic heterocycles. The van der Waals surface area contributed by atoms with Crippen LogP contribution in [0.5, 0.6) is 0 Å². The van der Waals surface area contributed by atoms with Crippen LogP contribution >= 0.6 is 0 Å². The molecular formula is C17H29N3O. The highest BCUT2D eigenvalue weighted by Gasteiger charge is 2.24. The molecule has 1 aromatic rings. The Hall–Kier alpha value is -0.870. The highest BCUT2D eigenvalue weighted by atomic mass is 16.3. The lowest BCUT2D eigenvalue weighted by molar-refractivity contribution is 0.149. The van der Waals surface area contributed by atoms with E-state index in [4.69, 9.17) is 4.98 Å². The smallest absolute Gasteiger partial charge is 0.109 e. The largest absolute Gasteiger partial charge is 0.394 e. The van der Waals surface area contributed by atoms with E-state index in [-0.39, 0.29) is 12.6 Å². The summed E-state index contributed by atoms with van der Waals surface area (Å²) in [5.74, 6) is 1.97. The Morgan fingerprint density at radius 2 is 2.05 bits per heavy atom. The van der Waals surface area contributed by atoms with E-state index in [1.54, 1.807) is 0 Å². The van der Waals surface area contributed by atoms with Gasteiger partial charge in [0.1, 0.15) is 5.82 Å². The lowest BCUT2D eigenvalue weighted by atomic mass is 9.92. The maximum atomic E-state index is 9.50. The van der Waals surface area contributed by atoms with Gasteiger partial charge in [-0.05, 0) is 65.0 Å². The fraction of sp³-hybridized carbons (Fsp3) is 0.824. The van der Waals surface area contributed by atoms with Gasteiger partial charge < -0.3 is 14.6 Å². The van der Waals surface area contributed by atoms with Gasteiger partial charge in [-0.2, -0.15) is 0 Å². The first-order valence-corrected chi connectivity index (χ1v) is 8.59. The Kier molecular flexibility index (Phi) is 4.65. The molecule has 1 unspecified atom stereocenters. The fourth-order valence-corrected chi connectivity index (χ4v) is 3.87. The Morgan fingerprint density at radius 3 is 2.71 bits per heavy atom. The van der Waals surface area contributed by atoms with E-state index in [0.29, 0.717) is 6.04 Å². The van der Waals surface area contributed by atoms with Gasteiger partial charge in [0.15, 0.2) is 0 Å². The predicted octanol–water partition coefficient (Wildman–Crippen LogP) is 2.42. The molecule has 0 aromatic carbocycles. The summed E-state index contributed by atoms with van der Waals surface area (Å²) in [5, 5.41) is 9.50. The molecule has 4 heteroatoms. The number of aliphatic hydroxyl groups is 1. The third-order valence-corrected chi connectivity index (χ3v) is 5.28. The average molecular weight is 291 g/mol. The van der Waals surface area contributed by atoms with E-state index in [1.807, 2.05) is 0 Å². The molecular weight excluding hydrogens is 262 g/mol. The van der Waals surface area contributed by atoms with Crippen molar-refractivity contribution in [1.82, 2.24) is 14.5 Å². The summed E-state index contributed by atoms with van der Waals surface area (Å²) in [7, 11) is 0. The molecule has 0 amide bonds. The minimum Gasteiger partial charge on any atom is -0.394 e. The number of hydrogen-bond acceptors (Lipinski definition) is 3. The standard InChI is InChI=1S/C17H29N3O/c1-13(2)19-8-6-14(7-9-19)10-15-11-20-16(12-21)4-3-5-17(20)18-15/h11,13-14,16,21H,3-10,12H2,1-2H3. The van der Waals surface area contributed by atoms with Crippen LogP contribution in [-0.2, 0) is 12.8 Å². The van der Waals surface area contributed by atoms with Crippen molar-refractivity contribution >= 4 is 0 Å². The number of piperidine rings is 1. The van der Waals surface area contributed by atoms with E-state index in [1.165, 1.54) is 37.4 Å². The van der Waals surface area contributed by atoms with Crippen molar-refractivity contribution in [1.29, 1.82) is 0 Å². The zero-order valence-corrected chi connectivity index (χ0v) is 13.5. The van der Waals surface area contributed by atoms with Crippen molar-refractivity contribution in [3.63, 3.8) is 0 Å². The summed E-state index contributed by atoms with van der Waals surface area (Å²) in [6, 6.07) is 0.939. The number of aromatic nitrogens is 2. The molecule has 0 bridgehead atoms. The number of aryl methyl sites for hydroxylation is 1. The quantitative estimate of drug-likeness (QED) is 0.926. The van der Waals surface area contributed by atoms with Crippen LogP contribution in [0.3, 0.4) is 0 Å². The van der Waals surface area contributed by atoms with E-state index < -0.39 is 0 Å². The van der Waals surface area contributed by atoms with Crippen LogP contribution < -0.4 is 0 Å². The minimum absolute atomic E-state index is 0.246. The molecule has 3 rings (SSSR count). The molecule has 0 radical (unpaired) electrons. The Labute approximate surface area is 128 Å². The number of nitrogens with zero attached hydrogens (tertiary/aromatic N) is 3. The Balaban J connectivity index is 1.60. The maximum Gasteiger partial charge on any atom is 0.109 e. The fourth-order valence-electron chi connectivity index (χ4n) is 3.87. The number of likely N-dealkylation sites (tertiary alicyclic amines) is 1. The molecule has 2 aliphatic rings. The number of rotatable bonds is 4. The summed E-state index contributed by atoms with van der Waals surface area (Å²) in [5.41, 5.74) is 1.24. The van der Waals surface area contributed by atoms with Gasteiger partial charge in [0.05, 0.1) is 18.3 Å². The molecule has 0 saturated carbocycles. The lowest BCUT2D eigenvalue weighted by Gasteiger charge is -2.34. The van der Waals surface area contributed by atoms with Crippen LogP contribution in [0.15, 0.2) is 6.20 Å². The highest BCUT2D eigenvalue weighted by Crippen LogP contribution is 2.27. The third-order valence-electron chi connectivity index (χ3n) is 5.28. The molecule has 1 aromatic heterocycles. The van der Waals surface area contributed by atoms with Gasteiger partial charge in [0, 0.05) is 18.7 Å². The van der Waals surface area contributed by atoms with Crippen LogP contribution in [0, 0.1) is 5.92 Å². The molecule has 3 heterocycles. The summed E-state index contributed by atoms with van der Waals surface area (Å²) >= 11 is 0. The SMILES string of the molecule is CC(C)N1CCC(Cc2cn3c(n2)CCCC3CO)CC1. The zero-order chi connectivity index (χ0) is 14.8. The van der Waals surface area contributed by atoms with Gasteiger partial charge >= 0.3 is 0 Å². The van der Waals surface area contributed by atoms with Crippen molar-refractivity contribution in [2.24, 2.45) is 5.92 Å². The van der Waals surface area contributed by atoms with E-state index in [2.05, 4.69) is 29.5 Å². The summed E-state index contributed by atoms with van der Waals surface area (Å²) in [4.78, 5) is 7.42. The second-order valence-corrected chi connectivity index (χ2v) is 7.06. The average Bonchev–Trinajstić information content (AvgIpc) is 2.90. The highest BCUT2D eigenvalue weighted by molar-refractivity contribution is 5.09. The number of imidazole rings is 1. The molecule has 0 aliphatic carbocycles. The maximum absolute atomic E-state index is 9.50. The Morgan fingerprint density at radius 1 is 1.29 bits per heavy atom. The summed E-state index contributed by atoms with van der Waals surface area (Å²) in [6.45, 7) is 7.29. The van der Waals surface area contributed by atoms with Crippen molar-refractivity contribution in [3.8, 4) is 0 Å². The van der Waals surface area contributed by atoms with Crippen LogP contribution in [-0.4, -0.2) is 45.3 Å². The first-order valence-electron chi connectivity index (χ1n) is 8.59. The van der Waals surface area contributed by atoms with Crippen LogP contribution in [0.25, 0.3) is 0 Å². The molecule has 1 atom stereocenters. The Bertz CT molecular complexity index is 461. The summed E-state index contributed by atoms with van der Waals surface area (Å²) in [6.07, 6.45) is 9.24. The van der Waals surface area contributed by atoms with Gasteiger partial charge in [-0.15, -0.1) is 0 Å². The molecule has 1 fully saturated rings. The third kappa shape index (κ3) is 3.32. The second kappa shape index (κ2) is 6.49. The van der Waals surface area contributed by atoms with Gasteiger partial charge in [-0.1, -0.05) is 0 Å². The van der Waals surface area contributed by atoms with Crippen LogP contribution in [0.4, 0.5) is 0 Å². The van der Waals surface area contributed by atoms with Crippen molar-refractivity contribution in [3.05, 3.63) is 17.7 Å². The lowest BCUT2D eigenvalue weighted by Crippen LogP contribution is -2.38. The minimum atomic E-state index is 0.246. The van der Waals surface area contributed by atoms with Gasteiger partial charge in [-0.3, -0.25) is 0 Å². The normalized spacial score (nSPS) is 24.5. The number of hydrogen-bond donors (Lipinski definition) is 1. The second-order valence-electron chi connectivity index (χ2n) is 7.06. The molecule has 118 valence electrons. The monoisotopic (exact) mass is 291 g/mol. The van der Waals surface area contributed by atoms with Crippen LogP contribution in [0.1, 0.15) is 57.1 Å². The molecule has 1 saturated heterocycles. The molecule has 4 nitrogen and oxygen atoms in total. The van der Waals surface area contributed by atoms with E-state index >= 15 is 0 Å². The van der Waals surface area contributed by atoms with Crippen molar-refractivity contribution in [2.75, 3.05) is 19.7 Å². The first kappa shape index (κ1) is 15.0. The summed E-state index contributed by atoms with van der Waals surface area (Å²) < 4.78 is 2.24. The van der Waals surface area contributed by atoms with Gasteiger partial charge in [0.25, 0.3) is 0 Å². The van der Waals surface area contributed by atoms with Crippen molar-refractivity contribution in [2.45, 2.75) is 64.5 Å². The molecule has 1 N–H and O–H groups in total. The number of aliphatic hydroxyl groups excluding tert-OH is 1. The van der Waals surface area contributed by atoms with E-state index in [9.17, 15) is 5.11 Å². The topological polar surface area (TPSA) is 41.3 Å². The first-order chi connectivity index (χ1) is 10.2. The van der Waals surface area contributed by atoms with Gasteiger partial charge in [-0.25, -0.2) is 4.98 Å². The van der Waals surface area contributed by atoms with Gasteiger partial charge in [0.2, 0.25) is 0 Å². The van der Waals surface area contributed by atoms with Crippen molar-refractivity contribution < 1.29 is 5.11 Å². The zero-order valence-electron chi connectivity index (χ0n) is 13.5. The molecule has 0 spiro atoms.